The number of hydrogen-bond acceptors (Lipinski definition) is 7. The highest BCUT2D eigenvalue weighted by Crippen LogP contribution is 2.33. The second-order valence-corrected chi connectivity index (χ2v) is 7.43. The Balaban J connectivity index is 2.10. The maximum atomic E-state index is 12.3. The highest BCUT2D eigenvalue weighted by molar-refractivity contribution is 8.00. The number of hydrogen-bond donors (Lipinski definition) is 2. The Morgan fingerprint density at radius 2 is 1.89 bits per heavy atom. The van der Waals surface area contributed by atoms with Crippen LogP contribution < -0.4 is 15.8 Å². The number of esters is 1. The van der Waals surface area contributed by atoms with Gasteiger partial charge in [-0.25, -0.2) is 4.79 Å². The van der Waals surface area contributed by atoms with Gasteiger partial charge in [-0.1, -0.05) is 0 Å². The van der Waals surface area contributed by atoms with E-state index in [1.807, 2.05) is 12.1 Å². The third-order valence-electron chi connectivity index (χ3n) is 3.54. The average Bonchev–Trinajstić information content (AvgIpc) is 2.96. The fraction of sp³-hybridized carbons (Fsp3) is 0.278. The number of amides is 2. The van der Waals surface area contributed by atoms with Crippen LogP contribution in [0.3, 0.4) is 0 Å². The summed E-state index contributed by atoms with van der Waals surface area (Å²) in [5.74, 6) is -0.700. The molecule has 2 aromatic rings. The molecular weight excluding hydrogens is 388 g/mol. The van der Waals surface area contributed by atoms with E-state index < -0.39 is 11.9 Å². The van der Waals surface area contributed by atoms with E-state index in [2.05, 4.69) is 5.32 Å². The number of thioether (sulfide) groups is 1. The fourth-order valence-corrected chi connectivity index (χ4v) is 4.09. The van der Waals surface area contributed by atoms with E-state index in [9.17, 15) is 14.4 Å². The number of nitrogens with one attached hydrogen (secondary N) is 1. The first-order chi connectivity index (χ1) is 12.9. The summed E-state index contributed by atoms with van der Waals surface area (Å²) in [7, 11) is 1.58. The molecule has 9 heteroatoms. The molecule has 0 aliphatic heterocycles. The van der Waals surface area contributed by atoms with Crippen molar-refractivity contribution >= 4 is 45.9 Å². The number of methoxy groups -OCH3 is 1. The van der Waals surface area contributed by atoms with Crippen LogP contribution in [0.1, 0.15) is 32.5 Å². The van der Waals surface area contributed by atoms with E-state index in [4.69, 9.17) is 15.2 Å². The van der Waals surface area contributed by atoms with Crippen LogP contribution in [0.2, 0.25) is 0 Å². The molecule has 144 valence electrons. The van der Waals surface area contributed by atoms with Crippen LogP contribution in [-0.2, 0) is 9.53 Å². The largest absolute Gasteiger partial charge is 0.497 e. The molecule has 27 heavy (non-hydrogen) atoms. The summed E-state index contributed by atoms with van der Waals surface area (Å²) in [5, 5.41) is 2.92. The Morgan fingerprint density at radius 1 is 1.22 bits per heavy atom. The van der Waals surface area contributed by atoms with Gasteiger partial charge in [0.25, 0.3) is 5.91 Å². The van der Waals surface area contributed by atoms with Gasteiger partial charge in [-0.2, -0.15) is 0 Å². The number of nitrogens with two attached hydrogens (primary N) is 1. The van der Waals surface area contributed by atoms with Crippen molar-refractivity contribution in [3.8, 4) is 5.75 Å². The SMILES string of the molecule is CCOC(=O)c1sc(NC(=O)CSc2ccc(OC)cc2)c(C(N)=O)c1C. The maximum Gasteiger partial charge on any atom is 0.348 e. The number of carbonyl (C=O) groups is 3. The number of thiophene rings is 1. The monoisotopic (exact) mass is 408 g/mol. The minimum absolute atomic E-state index is 0.130. The van der Waals surface area contributed by atoms with Gasteiger partial charge in [-0.3, -0.25) is 9.59 Å². The Morgan fingerprint density at radius 3 is 2.44 bits per heavy atom. The average molecular weight is 409 g/mol. The van der Waals surface area contributed by atoms with Crippen molar-refractivity contribution in [2.24, 2.45) is 5.73 Å². The van der Waals surface area contributed by atoms with Gasteiger partial charge in [0.2, 0.25) is 5.91 Å². The van der Waals surface area contributed by atoms with E-state index in [1.54, 1.807) is 33.1 Å². The summed E-state index contributed by atoms with van der Waals surface area (Å²) < 4.78 is 10.1. The predicted molar refractivity (Wildman–Crippen MR) is 106 cm³/mol. The van der Waals surface area contributed by atoms with Gasteiger partial charge in [0.15, 0.2) is 0 Å². The second kappa shape index (κ2) is 9.43. The molecule has 0 saturated heterocycles. The summed E-state index contributed by atoms with van der Waals surface area (Å²) in [4.78, 5) is 37.2. The zero-order valence-corrected chi connectivity index (χ0v) is 16.8. The topological polar surface area (TPSA) is 108 Å². The quantitative estimate of drug-likeness (QED) is 0.513. The molecule has 3 N–H and O–H groups in total. The molecule has 0 atom stereocenters. The molecule has 7 nitrogen and oxygen atoms in total. The summed E-state index contributed by atoms with van der Waals surface area (Å²) in [6.45, 7) is 3.50. The lowest BCUT2D eigenvalue weighted by Crippen LogP contribution is -2.18. The Kier molecular flexibility index (Phi) is 7.26. The molecule has 0 unspecified atom stereocenters. The number of rotatable bonds is 8. The van der Waals surface area contributed by atoms with Gasteiger partial charge in [-0.15, -0.1) is 23.1 Å². The van der Waals surface area contributed by atoms with Crippen LogP contribution in [0.5, 0.6) is 5.75 Å². The lowest BCUT2D eigenvalue weighted by atomic mass is 10.1. The van der Waals surface area contributed by atoms with Crippen LogP contribution in [0.4, 0.5) is 5.00 Å². The Hall–Kier alpha value is -2.52. The van der Waals surface area contributed by atoms with Gasteiger partial charge in [0.1, 0.15) is 15.6 Å². The second-order valence-electron chi connectivity index (χ2n) is 5.36. The lowest BCUT2D eigenvalue weighted by molar-refractivity contribution is -0.113. The molecule has 0 aliphatic rings. The van der Waals surface area contributed by atoms with Gasteiger partial charge < -0.3 is 20.5 Å². The normalized spacial score (nSPS) is 10.3. The molecule has 0 radical (unpaired) electrons. The molecule has 2 rings (SSSR count). The third kappa shape index (κ3) is 5.24. The summed E-state index contributed by atoms with van der Waals surface area (Å²) in [5.41, 5.74) is 5.96. The highest BCUT2D eigenvalue weighted by atomic mass is 32.2. The van der Waals surface area contributed by atoms with E-state index in [0.717, 1.165) is 22.0 Å². The molecule has 0 aliphatic carbocycles. The van der Waals surface area contributed by atoms with Crippen molar-refractivity contribution < 1.29 is 23.9 Å². The minimum Gasteiger partial charge on any atom is -0.497 e. The standard InChI is InChI=1S/C18H20N2O5S2/c1-4-25-18(23)15-10(2)14(16(19)22)17(27-15)20-13(21)9-26-12-7-5-11(24-3)6-8-12/h5-8H,4,9H2,1-3H3,(H2,19,22)(H,20,21). The summed E-state index contributed by atoms with van der Waals surface area (Å²) in [6, 6.07) is 7.30. The molecular formula is C18H20N2O5S2. The number of ether oxygens (including phenoxy) is 2. The molecule has 1 heterocycles. The number of anilines is 1. The Labute approximate surface area is 165 Å². The van der Waals surface area contributed by atoms with Crippen molar-refractivity contribution in [2.45, 2.75) is 18.7 Å². The van der Waals surface area contributed by atoms with E-state index >= 15 is 0 Å². The predicted octanol–water partition coefficient (Wildman–Crippen LogP) is 3.07. The first kappa shape index (κ1) is 20.8. The fourth-order valence-electron chi connectivity index (χ4n) is 2.27. The van der Waals surface area contributed by atoms with Gasteiger partial charge in [0, 0.05) is 4.90 Å². The maximum absolute atomic E-state index is 12.3. The molecule has 0 spiro atoms. The van der Waals surface area contributed by atoms with Crippen LogP contribution in [0, 0.1) is 6.92 Å². The highest BCUT2D eigenvalue weighted by Gasteiger charge is 2.25. The van der Waals surface area contributed by atoms with Crippen molar-refractivity contribution in [2.75, 3.05) is 24.8 Å². The van der Waals surface area contributed by atoms with Crippen molar-refractivity contribution in [1.29, 1.82) is 0 Å². The lowest BCUT2D eigenvalue weighted by Gasteiger charge is -2.06. The number of benzene rings is 1. The van der Waals surface area contributed by atoms with Crippen LogP contribution in [0.25, 0.3) is 0 Å². The van der Waals surface area contributed by atoms with Crippen LogP contribution >= 0.6 is 23.1 Å². The molecule has 1 aromatic heterocycles. The molecule has 0 bridgehead atoms. The van der Waals surface area contributed by atoms with E-state index in [0.29, 0.717) is 5.56 Å². The zero-order chi connectivity index (χ0) is 20.0. The van der Waals surface area contributed by atoms with Crippen molar-refractivity contribution in [1.82, 2.24) is 0 Å². The molecule has 0 fully saturated rings. The minimum atomic E-state index is -0.711. The number of primary amides is 1. The van der Waals surface area contributed by atoms with Crippen LogP contribution in [0.15, 0.2) is 29.2 Å². The smallest absolute Gasteiger partial charge is 0.348 e. The first-order valence-corrected chi connectivity index (χ1v) is 9.84. The van der Waals surface area contributed by atoms with Gasteiger partial charge in [-0.05, 0) is 43.7 Å². The Bertz CT molecular complexity index is 846. The van der Waals surface area contributed by atoms with Crippen molar-refractivity contribution in [3.05, 3.63) is 40.3 Å². The van der Waals surface area contributed by atoms with Crippen LogP contribution in [-0.4, -0.2) is 37.3 Å². The molecule has 1 aromatic carbocycles. The van der Waals surface area contributed by atoms with E-state index in [-0.39, 0.29) is 33.7 Å². The number of carbonyl (C=O) groups excluding carboxylic acids is 3. The molecule has 0 saturated carbocycles. The van der Waals surface area contributed by atoms with Crippen molar-refractivity contribution in [3.63, 3.8) is 0 Å². The van der Waals surface area contributed by atoms with E-state index in [1.165, 1.54) is 11.8 Å². The first-order valence-electron chi connectivity index (χ1n) is 8.04. The molecule has 2 amide bonds. The summed E-state index contributed by atoms with van der Waals surface area (Å²) >= 11 is 2.32. The van der Waals surface area contributed by atoms with Gasteiger partial charge in [0.05, 0.1) is 25.0 Å². The third-order valence-corrected chi connectivity index (χ3v) is 5.74. The zero-order valence-electron chi connectivity index (χ0n) is 15.2. The summed E-state index contributed by atoms with van der Waals surface area (Å²) in [6.07, 6.45) is 0. The van der Waals surface area contributed by atoms with Gasteiger partial charge >= 0.3 is 5.97 Å².